The standard InChI is InChI=1S/C15H24ClNO2/c1-6-17-14(15(19-5)10(2)3)12-9-11(16)7-8-13(12)18-4/h7-10,14-15,17H,6H2,1-5H3. The summed E-state index contributed by atoms with van der Waals surface area (Å²) < 4.78 is 11.1. The Balaban J connectivity index is 3.20. The fourth-order valence-corrected chi connectivity index (χ4v) is 2.54. The molecule has 1 aromatic rings. The molecule has 0 aliphatic heterocycles. The van der Waals surface area contributed by atoms with Crippen molar-refractivity contribution in [1.29, 1.82) is 0 Å². The van der Waals surface area contributed by atoms with E-state index in [-0.39, 0.29) is 12.1 Å². The molecule has 0 radical (unpaired) electrons. The van der Waals surface area contributed by atoms with Gasteiger partial charge in [0.2, 0.25) is 0 Å². The predicted molar refractivity (Wildman–Crippen MR) is 80.1 cm³/mol. The Morgan fingerprint density at radius 1 is 1.26 bits per heavy atom. The van der Waals surface area contributed by atoms with Gasteiger partial charge in [0, 0.05) is 17.7 Å². The number of hydrogen-bond donors (Lipinski definition) is 1. The molecular formula is C15H24ClNO2. The van der Waals surface area contributed by atoms with E-state index < -0.39 is 0 Å². The van der Waals surface area contributed by atoms with E-state index in [0.29, 0.717) is 10.9 Å². The highest BCUT2D eigenvalue weighted by Gasteiger charge is 2.27. The number of likely N-dealkylation sites (N-methyl/N-ethyl adjacent to an activating group) is 1. The first kappa shape index (κ1) is 16.3. The summed E-state index contributed by atoms with van der Waals surface area (Å²) in [5.41, 5.74) is 1.04. The Morgan fingerprint density at radius 3 is 2.42 bits per heavy atom. The number of ether oxygens (including phenoxy) is 2. The Morgan fingerprint density at radius 2 is 1.95 bits per heavy atom. The lowest BCUT2D eigenvalue weighted by atomic mass is 9.92. The molecule has 108 valence electrons. The van der Waals surface area contributed by atoms with E-state index in [2.05, 4.69) is 26.1 Å². The first-order valence-electron chi connectivity index (χ1n) is 6.64. The molecule has 1 rings (SSSR count). The predicted octanol–water partition coefficient (Wildman–Crippen LogP) is 3.67. The second-order valence-electron chi connectivity index (χ2n) is 4.87. The van der Waals surface area contributed by atoms with Gasteiger partial charge in [0.05, 0.1) is 19.3 Å². The van der Waals surface area contributed by atoms with E-state index in [1.165, 1.54) is 0 Å². The Bertz CT molecular complexity index is 396. The van der Waals surface area contributed by atoms with Gasteiger partial charge in [0.1, 0.15) is 5.75 Å². The molecule has 0 aliphatic carbocycles. The second kappa shape index (κ2) is 7.73. The van der Waals surface area contributed by atoms with Gasteiger partial charge in [-0.1, -0.05) is 32.4 Å². The van der Waals surface area contributed by atoms with Gasteiger partial charge in [-0.05, 0) is 30.7 Å². The summed E-state index contributed by atoms with van der Waals surface area (Å²) in [5, 5.41) is 4.18. The van der Waals surface area contributed by atoms with Crippen molar-refractivity contribution in [3.63, 3.8) is 0 Å². The minimum absolute atomic E-state index is 0.0589. The van der Waals surface area contributed by atoms with Crippen molar-refractivity contribution in [3.05, 3.63) is 28.8 Å². The third kappa shape index (κ3) is 4.10. The molecule has 0 aliphatic rings. The molecule has 0 fully saturated rings. The molecule has 0 saturated heterocycles. The summed E-state index contributed by atoms with van der Waals surface area (Å²) in [6.45, 7) is 7.23. The van der Waals surface area contributed by atoms with Crippen molar-refractivity contribution >= 4 is 11.6 Å². The molecule has 3 nitrogen and oxygen atoms in total. The number of hydrogen-bond acceptors (Lipinski definition) is 3. The first-order chi connectivity index (χ1) is 9.04. The monoisotopic (exact) mass is 285 g/mol. The van der Waals surface area contributed by atoms with E-state index in [1.54, 1.807) is 14.2 Å². The average molecular weight is 286 g/mol. The van der Waals surface area contributed by atoms with E-state index >= 15 is 0 Å². The van der Waals surface area contributed by atoms with Crippen LogP contribution in [-0.4, -0.2) is 26.9 Å². The van der Waals surface area contributed by atoms with Crippen molar-refractivity contribution in [2.45, 2.75) is 32.9 Å². The van der Waals surface area contributed by atoms with E-state index in [1.807, 2.05) is 18.2 Å². The van der Waals surface area contributed by atoms with Crippen LogP contribution in [0.2, 0.25) is 5.02 Å². The van der Waals surface area contributed by atoms with Crippen LogP contribution in [0.1, 0.15) is 32.4 Å². The molecule has 1 N–H and O–H groups in total. The van der Waals surface area contributed by atoms with Crippen molar-refractivity contribution in [3.8, 4) is 5.75 Å². The second-order valence-corrected chi connectivity index (χ2v) is 5.30. The smallest absolute Gasteiger partial charge is 0.123 e. The van der Waals surface area contributed by atoms with Crippen molar-refractivity contribution < 1.29 is 9.47 Å². The normalized spacial score (nSPS) is 14.5. The highest BCUT2D eigenvalue weighted by Crippen LogP contribution is 2.33. The SMILES string of the molecule is CCNC(c1cc(Cl)ccc1OC)C(OC)C(C)C. The molecule has 0 aromatic heterocycles. The lowest BCUT2D eigenvalue weighted by molar-refractivity contribution is 0.0324. The summed E-state index contributed by atoms with van der Waals surface area (Å²) in [6.07, 6.45) is 0.0623. The van der Waals surface area contributed by atoms with Crippen molar-refractivity contribution in [2.75, 3.05) is 20.8 Å². The maximum Gasteiger partial charge on any atom is 0.123 e. The maximum absolute atomic E-state index is 6.12. The largest absolute Gasteiger partial charge is 0.496 e. The molecule has 19 heavy (non-hydrogen) atoms. The summed E-state index contributed by atoms with van der Waals surface area (Å²) in [5.74, 6) is 1.22. The molecule has 1 aromatic carbocycles. The number of nitrogens with one attached hydrogen (secondary N) is 1. The zero-order chi connectivity index (χ0) is 14.4. The third-order valence-electron chi connectivity index (χ3n) is 3.21. The van der Waals surface area contributed by atoms with Gasteiger partial charge in [-0.2, -0.15) is 0 Å². The lowest BCUT2D eigenvalue weighted by Gasteiger charge is -2.31. The van der Waals surface area contributed by atoms with Gasteiger partial charge in [0.15, 0.2) is 0 Å². The molecule has 4 heteroatoms. The number of halogens is 1. The van der Waals surface area contributed by atoms with Crippen LogP contribution in [-0.2, 0) is 4.74 Å². The zero-order valence-corrected chi connectivity index (χ0v) is 13.1. The van der Waals surface area contributed by atoms with E-state index in [0.717, 1.165) is 17.9 Å². The Kier molecular flexibility index (Phi) is 6.63. The molecule has 2 atom stereocenters. The molecule has 0 amide bonds. The third-order valence-corrected chi connectivity index (χ3v) is 3.44. The molecule has 0 spiro atoms. The molecule has 2 unspecified atom stereocenters. The van der Waals surface area contributed by atoms with Crippen LogP contribution in [0.4, 0.5) is 0 Å². The van der Waals surface area contributed by atoms with Crippen molar-refractivity contribution in [2.24, 2.45) is 5.92 Å². The first-order valence-corrected chi connectivity index (χ1v) is 7.02. The molecular weight excluding hydrogens is 262 g/mol. The van der Waals surface area contributed by atoms with Crippen LogP contribution in [0, 0.1) is 5.92 Å². The molecule has 0 heterocycles. The van der Waals surface area contributed by atoms with Crippen molar-refractivity contribution in [1.82, 2.24) is 5.32 Å². The Labute approximate surface area is 121 Å². The topological polar surface area (TPSA) is 30.5 Å². The van der Waals surface area contributed by atoms with Crippen LogP contribution < -0.4 is 10.1 Å². The average Bonchev–Trinajstić information content (AvgIpc) is 2.38. The van der Waals surface area contributed by atoms with Crippen LogP contribution >= 0.6 is 11.6 Å². The molecule has 0 saturated carbocycles. The van der Waals surface area contributed by atoms with Gasteiger partial charge in [-0.15, -0.1) is 0 Å². The quantitative estimate of drug-likeness (QED) is 0.829. The number of methoxy groups -OCH3 is 2. The van der Waals surface area contributed by atoms with Gasteiger partial charge in [0.25, 0.3) is 0 Å². The minimum Gasteiger partial charge on any atom is -0.496 e. The van der Waals surface area contributed by atoms with Gasteiger partial charge >= 0.3 is 0 Å². The van der Waals surface area contributed by atoms with Gasteiger partial charge in [-0.3, -0.25) is 0 Å². The van der Waals surface area contributed by atoms with E-state index in [4.69, 9.17) is 21.1 Å². The summed E-state index contributed by atoms with van der Waals surface area (Å²) in [7, 11) is 3.42. The van der Waals surface area contributed by atoms with Gasteiger partial charge < -0.3 is 14.8 Å². The Hall–Kier alpha value is -0.770. The summed E-state index contributed by atoms with van der Waals surface area (Å²) >= 11 is 6.12. The van der Waals surface area contributed by atoms with Crippen LogP contribution in [0.15, 0.2) is 18.2 Å². The van der Waals surface area contributed by atoms with Crippen LogP contribution in [0.25, 0.3) is 0 Å². The van der Waals surface area contributed by atoms with Gasteiger partial charge in [-0.25, -0.2) is 0 Å². The summed E-state index contributed by atoms with van der Waals surface area (Å²) in [4.78, 5) is 0. The zero-order valence-electron chi connectivity index (χ0n) is 12.4. The fourth-order valence-electron chi connectivity index (χ4n) is 2.36. The molecule has 0 bridgehead atoms. The minimum atomic E-state index is 0.0589. The highest BCUT2D eigenvalue weighted by molar-refractivity contribution is 6.30. The number of benzene rings is 1. The van der Waals surface area contributed by atoms with Crippen LogP contribution in [0.3, 0.4) is 0 Å². The summed E-state index contributed by atoms with van der Waals surface area (Å²) in [6, 6.07) is 5.74. The lowest BCUT2D eigenvalue weighted by Crippen LogP contribution is -2.36. The fraction of sp³-hybridized carbons (Fsp3) is 0.600. The van der Waals surface area contributed by atoms with E-state index in [9.17, 15) is 0 Å². The van der Waals surface area contributed by atoms with Crippen LogP contribution in [0.5, 0.6) is 5.75 Å². The highest BCUT2D eigenvalue weighted by atomic mass is 35.5. The number of rotatable bonds is 7. The maximum atomic E-state index is 6.12.